The van der Waals surface area contributed by atoms with Crippen molar-refractivity contribution in [3.8, 4) is 0 Å². The molecule has 5 heteroatoms. The van der Waals surface area contributed by atoms with Gasteiger partial charge in [0, 0.05) is 24.9 Å². The monoisotopic (exact) mass is 337 g/mol. The van der Waals surface area contributed by atoms with Crippen molar-refractivity contribution in [3.63, 3.8) is 0 Å². The lowest BCUT2D eigenvalue weighted by Gasteiger charge is -2.19. The predicted octanol–water partition coefficient (Wildman–Crippen LogP) is 3.93. The summed E-state index contributed by atoms with van der Waals surface area (Å²) in [6.45, 7) is 0.528. The van der Waals surface area contributed by atoms with Crippen LogP contribution in [-0.4, -0.2) is 11.0 Å². The Morgan fingerprint density at radius 1 is 1.08 bits per heavy atom. The molecule has 1 aromatic carbocycles. The van der Waals surface area contributed by atoms with Gasteiger partial charge in [0.05, 0.1) is 6.04 Å². The van der Waals surface area contributed by atoms with E-state index < -0.39 is 0 Å². The highest BCUT2D eigenvalue weighted by Crippen LogP contribution is 2.17. The Morgan fingerprint density at radius 3 is 2.62 bits per heavy atom. The first-order valence-corrected chi connectivity index (χ1v) is 8.76. The highest BCUT2D eigenvalue weighted by Gasteiger charge is 2.15. The van der Waals surface area contributed by atoms with Gasteiger partial charge in [0.25, 0.3) is 0 Å². The number of carbonyl (C=O) groups excluding carboxylic acids is 1. The molecule has 0 bridgehead atoms. The molecule has 0 radical (unpaired) electrons. The molecule has 2 heterocycles. The van der Waals surface area contributed by atoms with Gasteiger partial charge < -0.3 is 10.6 Å². The van der Waals surface area contributed by atoms with Gasteiger partial charge in [0.15, 0.2) is 0 Å². The Morgan fingerprint density at radius 2 is 1.92 bits per heavy atom. The minimum atomic E-state index is -0.175. The third-order valence-corrected chi connectivity index (χ3v) is 4.41. The van der Waals surface area contributed by atoms with Crippen LogP contribution in [0, 0.1) is 0 Å². The van der Waals surface area contributed by atoms with Gasteiger partial charge in [-0.15, -0.1) is 0 Å². The van der Waals surface area contributed by atoms with Gasteiger partial charge in [-0.05, 0) is 40.1 Å². The van der Waals surface area contributed by atoms with Crippen LogP contribution in [0.1, 0.15) is 22.9 Å². The maximum absolute atomic E-state index is 12.3. The van der Waals surface area contributed by atoms with Crippen LogP contribution < -0.4 is 10.6 Å². The SMILES string of the molecule is O=C(NCc1ccsc1)NC(Cc1ccccn1)c1ccccc1. The van der Waals surface area contributed by atoms with Gasteiger partial charge in [0.2, 0.25) is 0 Å². The van der Waals surface area contributed by atoms with Crippen LogP contribution in [0.15, 0.2) is 71.6 Å². The van der Waals surface area contributed by atoms with Gasteiger partial charge in [-0.25, -0.2) is 4.79 Å². The molecule has 0 aliphatic rings. The number of carbonyl (C=O) groups is 1. The zero-order chi connectivity index (χ0) is 16.6. The first-order chi connectivity index (χ1) is 11.8. The number of urea groups is 1. The highest BCUT2D eigenvalue weighted by molar-refractivity contribution is 7.07. The van der Waals surface area contributed by atoms with Crippen molar-refractivity contribution in [1.82, 2.24) is 15.6 Å². The van der Waals surface area contributed by atoms with E-state index in [1.54, 1.807) is 17.5 Å². The van der Waals surface area contributed by atoms with E-state index in [1.807, 2.05) is 65.4 Å². The number of hydrogen-bond acceptors (Lipinski definition) is 3. The Hall–Kier alpha value is -2.66. The molecule has 1 atom stereocenters. The fourth-order valence-corrected chi connectivity index (χ4v) is 3.12. The summed E-state index contributed by atoms with van der Waals surface area (Å²) in [6, 6.07) is 17.5. The molecule has 0 aliphatic heterocycles. The summed E-state index contributed by atoms with van der Waals surface area (Å²) in [5, 5.41) is 10.00. The Kier molecular flexibility index (Phi) is 5.58. The molecule has 3 rings (SSSR count). The molecule has 4 nitrogen and oxygen atoms in total. The molecular weight excluding hydrogens is 318 g/mol. The van der Waals surface area contributed by atoms with Gasteiger partial charge >= 0.3 is 6.03 Å². The van der Waals surface area contributed by atoms with Crippen LogP contribution in [0.4, 0.5) is 4.79 Å². The number of pyridine rings is 1. The summed E-state index contributed by atoms with van der Waals surface area (Å²) in [6.07, 6.45) is 2.42. The number of nitrogens with zero attached hydrogens (tertiary/aromatic N) is 1. The average molecular weight is 337 g/mol. The number of hydrogen-bond donors (Lipinski definition) is 2. The molecular formula is C19H19N3OS. The lowest BCUT2D eigenvalue weighted by Crippen LogP contribution is -2.38. The molecule has 122 valence electrons. The molecule has 0 spiro atoms. The van der Waals surface area contributed by atoms with Crippen LogP contribution >= 0.6 is 11.3 Å². The maximum atomic E-state index is 12.3. The normalized spacial score (nSPS) is 11.7. The van der Waals surface area contributed by atoms with Crippen molar-refractivity contribution in [1.29, 1.82) is 0 Å². The molecule has 2 N–H and O–H groups in total. The first-order valence-electron chi connectivity index (χ1n) is 7.81. The van der Waals surface area contributed by atoms with Gasteiger partial charge in [-0.3, -0.25) is 4.98 Å². The van der Waals surface area contributed by atoms with Crippen LogP contribution in [0.25, 0.3) is 0 Å². The smallest absolute Gasteiger partial charge is 0.315 e. The number of nitrogens with one attached hydrogen (secondary N) is 2. The zero-order valence-corrected chi connectivity index (χ0v) is 14.0. The minimum Gasteiger partial charge on any atom is -0.334 e. The topological polar surface area (TPSA) is 54.0 Å². The van der Waals surface area contributed by atoms with Crippen molar-refractivity contribution in [2.45, 2.75) is 19.0 Å². The summed E-state index contributed by atoms with van der Waals surface area (Å²) in [5.74, 6) is 0. The van der Waals surface area contributed by atoms with Crippen LogP contribution in [0.5, 0.6) is 0 Å². The molecule has 0 saturated heterocycles. The summed E-state index contributed by atoms with van der Waals surface area (Å²) in [4.78, 5) is 16.6. The van der Waals surface area contributed by atoms with Crippen LogP contribution in [0.3, 0.4) is 0 Å². The van der Waals surface area contributed by atoms with E-state index in [9.17, 15) is 4.79 Å². The van der Waals surface area contributed by atoms with E-state index in [1.165, 1.54) is 0 Å². The van der Waals surface area contributed by atoms with Crippen LogP contribution in [-0.2, 0) is 13.0 Å². The Bertz CT molecular complexity index is 745. The van der Waals surface area contributed by atoms with Gasteiger partial charge in [0.1, 0.15) is 0 Å². The van der Waals surface area contributed by atoms with Crippen molar-refractivity contribution >= 4 is 17.4 Å². The number of benzene rings is 1. The van der Waals surface area contributed by atoms with Gasteiger partial charge in [-0.2, -0.15) is 11.3 Å². The molecule has 0 saturated carbocycles. The molecule has 2 aromatic heterocycles. The quantitative estimate of drug-likeness (QED) is 0.716. The number of rotatable bonds is 6. The standard InChI is InChI=1S/C19H19N3OS/c23-19(21-13-15-9-11-24-14-15)22-18(16-6-2-1-3-7-16)12-17-8-4-5-10-20-17/h1-11,14,18H,12-13H2,(H2,21,22,23). The van der Waals surface area contributed by atoms with Crippen molar-refractivity contribution in [2.75, 3.05) is 0 Å². The third kappa shape index (κ3) is 4.67. The predicted molar refractivity (Wildman–Crippen MR) is 96.8 cm³/mol. The highest BCUT2D eigenvalue weighted by atomic mass is 32.1. The third-order valence-electron chi connectivity index (χ3n) is 3.68. The molecule has 3 aromatic rings. The number of amides is 2. The number of thiophene rings is 1. The number of aromatic nitrogens is 1. The largest absolute Gasteiger partial charge is 0.334 e. The second-order valence-electron chi connectivity index (χ2n) is 5.45. The fraction of sp³-hybridized carbons (Fsp3) is 0.158. The van der Waals surface area contributed by atoms with Gasteiger partial charge in [-0.1, -0.05) is 36.4 Å². The average Bonchev–Trinajstić information content (AvgIpc) is 3.15. The van der Waals surface area contributed by atoms with E-state index in [0.29, 0.717) is 13.0 Å². The van der Waals surface area contributed by atoms with E-state index in [2.05, 4.69) is 15.6 Å². The molecule has 1 unspecified atom stereocenters. The van der Waals surface area contributed by atoms with E-state index in [4.69, 9.17) is 0 Å². The van der Waals surface area contributed by atoms with E-state index in [0.717, 1.165) is 16.8 Å². The second kappa shape index (κ2) is 8.26. The minimum absolute atomic E-state index is 0.122. The first kappa shape index (κ1) is 16.2. The van der Waals surface area contributed by atoms with E-state index >= 15 is 0 Å². The second-order valence-corrected chi connectivity index (χ2v) is 6.23. The zero-order valence-electron chi connectivity index (χ0n) is 13.2. The molecule has 24 heavy (non-hydrogen) atoms. The summed E-state index contributed by atoms with van der Waals surface area (Å²) < 4.78 is 0. The Balaban J connectivity index is 1.66. The maximum Gasteiger partial charge on any atom is 0.315 e. The summed E-state index contributed by atoms with van der Waals surface area (Å²) >= 11 is 1.62. The van der Waals surface area contributed by atoms with Crippen molar-refractivity contribution < 1.29 is 4.79 Å². The fourth-order valence-electron chi connectivity index (χ4n) is 2.45. The molecule has 0 fully saturated rings. The van der Waals surface area contributed by atoms with Crippen molar-refractivity contribution in [3.05, 3.63) is 88.4 Å². The lowest BCUT2D eigenvalue weighted by molar-refractivity contribution is 0.236. The van der Waals surface area contributed by atoms with Crippen molar-refractivity contribution in [2.24, 2.45) is 0 Å². The molecule has 0 aliphatic carbocycles. The Labute approximate surface area is 145 Å². The molecule has 2 amide bonds. The lowest BCUT2D eigenvalue weighted by atomic mass is 10.0. The van der Waals surface area contributed by atoms with Crippen LogP contribution in [0.2, 0.25) is 0 Å². The summed E-state index contributed by atoms with van der Waals surface area (Å²) in [7, 11) is 0. The van der Waals surface area contributed by atoms with E-state index in [-0.39, 0.29) is 12.1 Å². The summed E-state index contributed by atoms with van der Waals surface area (Å²) in [5.41, 5.74) is 3.12.